The maximum absolute atomic E-state index is 13.5. The van der Waals surface area contributed by atoms with Crippen molar-refractivity contribution in [3.63, 3.8) is 0 Å². The van der Waals surface area contributed by atoms with E-state index >= 15 is 0 Å². The molecule has 148 valence electrons. The summed E-state index contributed by atoms with van der Waals surface area (Å²) in [4.78, 5) is 20.2. The van der Waals surface area contributed by atoms with Crippen molar-refractivity contribution in [1.29, 1.82) is 0 Å². The minimum absolute atomic E-state index is 0.0258. The third-order valence-corrected chi connectivity index (χ3v) is 5.37. The second kappa shape index (κ2) is 6.63. The maximum Gasteiger partial charge on any atom is 0.258 e. The monoisotopic (exact) mass is 391 g/mol. The van der Waals surface area contributed by atoms with Gasteiger partial charge in [-0.3, -0.25) is 9.78 Å². The number of pyridine rings is 2. The predicted molar refractivity (Wildman–Crippen MR) is 112 cm³/mol. The van der Waals surface area contributed by atoms with Gasteiger partial charge in [-0.2, -0.15) is 0 Å². The fourth-order valence-electron chi connectivity index (χ4n) is 3.88. The van der Waals surface area contributed by atoms with Gasteiger partial charge in [-0.15, -0.1) is 0 Å². The Labute approximate surface area is 167 Å². The van der Waals surface area contributed by atoms with Crippen molar-refractivity contribution in [1.82, 2.24) is 14.5 Å². The quantitative estimate of drug-likeness (QED) is 0.498. The number of hydrogen-bond acceptors (Lipinski definition) is 6. The third-order valence-electron chi connectivity index (χ3n) is 5.37. The topological polar surface area (TPSA) is 65.8 Å². The molecule has 4 aromatic rings. The summed E-state index contributed by atoms with van der Waals surface area (Å²) >= 11 is 0. The summed E-state index contributed by atoms with van der Waals surface area (Å²) < 4.78 is 18.3. The first-order valence-electron chi connectivity index (χ1n) is 9.44. The Morgan fingerprint density at radius 1 is 1.07 bits per heavy atom. The standard InChI is InChI=1S/C22H21N3O4/c1-24(2)6-7-25-21-16-9-19-20(29-12-28-19)10-18(16)23-11-17(21)15-8-13(27-3)4-5-14(15)22(25)26/h4-5,8-11H,6-7,12H2,1-3H3. The smallest absolute Gasteiger partial charge is 0.258 e. The summed E-state index contributed by atoms with van der Waals surface area (Å²) in [5, 5.41) is 3.26. The zero-order chi connectivity index (χ0) is 20.1. The van der Waals surface area contributed by atoms with Crippen LogP contribution >= 0.6 is 0 Å². The molecule has 7 nitrogen and oxygen atoms in total. The second-order valence-corrected chi connectivity index (χ2v) is 7.41. The first-order valence-corrected chi connectivity index (χ1v) is 9.44. The largest absolute Gasteiger partial charge is 0.497 e. The van der Waals surface area contributed by atoms with E-state index in [1.54, 1.807) is 7.11 Å². The van der Waals surface area contributed by atoms with Crippen LogP contribution in [0.5, 0.6) is 17.2 Å². The molecule has 2 aromatic carbocycles. The van der Waals surface area contributed by atoms with Gasteiger partial charge in [0, 0.05) is 46.9 Å². The lowest BCUT2D eigenvalue weighted by Crippen LogP contribution is -2.27. The number of fused-ring (bicyclic) bond motifs is 6. The molecule has 0 spiro atoms. The Balaban J connectivity index is 1.94. The van der Waals surface area contributed by atoms with Crippen molar-refractivity contribution < 1.29 is 14.2 Å². The number of ether oxygens (including phenoxy) is 3. The average Bonchev–Trinajstić information content (AvgIpc) is 3.18. The van der Waals surface area contributed by atoms with Crippen molar-refractivity contribution in [2.24, 2.45) is 0 Å². The molecule has 7 heteroatoms. The molecule has 29 heavy (non-hydrogen) atoms. The molecule has 1 aliphatic heterocycles. The molecule has 0 aliphatic carbocycles. The van der Waals surface area contributed by atoms with Gasteiger partial charge in [-0.05, 0) is 38.4 Å². The lowest BCUT2D eigenvalue weighted by atomic mass is 10.0. The molecule has 0 amide bonds. The number of nitrogens with zero attached hydrogens (tertiary/aromatic N) is 3. The summed E-state index contributed by atoms with van der Waals surface area (Å²) in [6, 6.07) is 9.33. The van der Waals surface area contributed by atoms with Gasteiger partial charge >= 0.3 is 0 Å². The molecule has 0 atom stereocenters. The van der Waals surface area contributed by atoms with Gasteiger partial charge in [0.1, 0.15) is 5.75 Å². The summed E-state index contributed by atoms with van der Waals surface area (Å²) in [6.45, 7) is 1.50. The van der Waals surface area contributed by atoms with Crippen LogP contribution in [0.15, 0.2) is 41.3 Å². The van der Waals surface area contributed by atoms with Gasteiger partial charge in [0.05, 0.1) is 18.1 Å². The Kier molecular flexibility index (Phi) is 4.06. The van der Waals surface area contributed by atoms with Gasteiger partial charge in [0.15, 0.2) is 11.5 Å². The van der Waals surface area contributed by atoms with Crippen LogP contribution in [0.2, 0.25) is 0 Å². The Hall–Kier alpha value is -3.32. The number of benzene rings is 2. The van der Waals surface area contributed by atoms with Gasteiger partial charge in [-0.25, -0.2) is 0 Å². The Morgan fingerprint density at radius 3 is 2.62 bits per heavy atom. The van der Waals surface area contributed by atoms with E-state index in [1.807, 2.05) is 55.2 Å². The van der Waals surface area contributed by atoms with Crippen LogP contribution in [0.3, 0.4) is 0 Å². The Morgan fingerprint density at radius 2 is 1.86 bits per heavy atom. The first-order chi connectivity index (χ1) is 14.1. The van der Waals surface area contributed by atoms with Crippen molar-refractivity contribution in [2.75, 3.05) is 34.5 Å². The molecular weight excluding hydrogens is 370 g/mol. The lowest BCUT2D eigenvalue weighted by molar-refractivity contribution is 0.174. The van der Waals surface area contributed by atoms with E-state index < -0.39 is 0 Å². The molecule has 0 unspecified atom stereocenters. The maximum atomic E-state index is 13.5. The van der Waals surface area contributed by atoms with Crippen molar-refractivity contribution in [2.45, 2.75) is 6.54 Å². The fraction of sp³-hybridized carbons (Fsp3) is 0.273. The highest BCUT2D eigenvalue weighted by atomic mass is 16.7. The molecule has 0 bridgehead atoms. The predicted octanol–water partition coefficient (Wildman–Crippen LogP) is 3.00. The van der Waals surface area contributed by atoms with Crippen LogP contribution < -0.4 is 19.8 Å². The van der Waals surface area contributed by atoms with Crippen LogP contribution in [-0.4, -0.2) is 49.0 Å². The molecule has 0 N–H and O–H groups in total. The molecule has 2 aromatic heterocycles. The summed E-state index contributed by atoms with van der Waals surface area (Å²) in [7, 11) is 5.61. The van der Waals surface area contributed by atoms with Crippen LogP contribution in [0, 0.1) is 0 Å². The minimum atomic E-state index is -0.0258. The van der Waals surface area contributed by atoms with E-state index in [0.717, 1.165) is 33.7 Å². The second-order valence-electron chi connectivity index (χ2n) is 7.41. The molecule has 1 aliphatic rings. The normalized spacial score (nSPS) is 13.1. The van der Waals surface area contributed by atoms with Gasteiger partial charge in [0.2, 0.25) is 6.79 Å². The molecule has 0 saturated carbocycles. The van der Waals surface area contributed by atoms with Crippen LogP contribution in [0.4, 0.5) is 0 Å². The first kappa shape index (κ1) is 17.8. The number of rotatable bonds is 4. The summed E-state index contributed by atoms with van der Waals surface area (Å²) in [5.41, 5.74) is 1.59. The van der Waals surface area contributed by atoms with Gasteiger partial charge < -0.3 is 23.7 Å². The lowest BCUT2D eigenvalue weighted by Gasteiger charge is -2.17. The number of likely N-dealkylation sites (N-methyl/N-ethyl adjacent to an activating group) is 1. The van der Waals surface area contributed by atoms with E-state index in [4.69, 9.17) is 14.2 Å². The molecule has 0 fully saturated rings. The van der Waals surface area contributed by atoms with Crippen molar-refractivity contribution in [3.05, 3.63) is 46.9 Å². The van der Waals surface area contributed by atoms with Crippen molar-refractivity contribution in [3.8, 4) is 17.2 Å². The van der Waals surface area contributed by atoms with Gasteiger partial charge in [-0.1, -0.05) is 0 Å². The summed E-state index contributed by atoms with van der Waals surface area (Å²) in [5.74, 6) is 2.05. The van der Waals surface area contributed by atoms with Crippen LogP contribution in [0.1, 0.15) is 0 Å². The van der Waals surface area contributed by atoms with E-state index in [2.05, 4.69) is 9.88 Å². The highest BCUT2D eigenvalue weighted by molar-refractivity contribution is 6.14. The molecule has 0 radical (unpaired) electrons. The molecular formula is C22H21N3O4. The van der Waals surface area contributed by atoms with Crippen LogP contribution in [-0.2, 0) is 6.54 Å². The van der Waals surface area contributed by atoms with Crippen molar-refractivity contribution >= 4 is 32.6 Å². The zero-order valence-electron chi connectivity index (χ0n) is 16.6. The van der Waals surface area contributed by atoms with Crippen LogP contribution in [0.25, 0.3) is 32.6 Å². The highest BCUT2D eigenvalue weighted by Crippen LogP contribution is 2.38. The zero-order valence-corrected chi connectivity index (χ0v) is 16.6. The van der Waals surface area contributed by atoms with E-state index in [1.165, 1.54) is 0 Å². The number of hydrogen-bond donors (Lipinski definition) is 0. The van der Waals surface area contributed by atoms with E-state index in [-0.39, 0.29) is 12.4 Å². The number of aromatic nitrogens is 2. The fourth-order valence-corrected chi connectivity index (χ4v) is 3.88. The molecule has 3 heterocycles. The van der Waals surface area contributed by atoms with E-state index in [9.17, 15) is 4.79 Å². The highest BCUT2D eigenvalue weighted by Gasteiger charge is 2.19. The molecule has 5 rings (SSSR count). The summed E-state index contributed by atoms with van der Waals surface area (Å²) in [6.07, 6.45) is 1.83. The SMILES string of the molecule is COc1ccc2c(=O)n(CCN(C)C)c3c4cc5c(cc4ncc3c2c1)OCO5. The minimum Gasteiger partial charge on any atom is -0.497 e. The van der Waals surface area contributed by atoms with E-state index in [0.29, 0.717) is 29.2 Å². The average molecular weight is 391 g/mol. The third kappa shape index (κ3) is 2.77. The van der Waals surface area contributed by atoms with Gasteiger partial charge in [0.25, 0.3) is 5.56 Å². The molecule has 0 saturated heterocycles. The number of methoxy groups -OCH3 is 1. The Bertz CT molecular complexity index is 1330.